The summed E-state index contributed by atoms with van der Waals surface area (Å²) >= 11 is 5.17. The van der Waals surface area contributed by atoms with E-state index in [-0.39, 0.29) is 11.8 Å². The molecule has 13 heavy (non-hydrogen) atoms. The van der Waals surface area contributed by atoms with Crippen molar-refractivity contribution < 1.29 is 13.5 Å². The third-order valence-electron chi connectivity index (χ3n) is 1.55. The highest BCUT2D eigenvalue weighted by molar-refractivity contribution is 7.90. The van der Waals surface area contributed by atoms with Crippen molar-refractivity contribution in [1.29, 1.82) is 0 Å². The lowest BCUT2D eigenvalue weighted by Gasteiger charge is -2.02. The van der Waals surface area contributed by atoms with Gasteiger partial charge in [0.25, 0.3) is 0 Å². The van der Waals surface area contributed by atoms with Crippen LogP contribution in [0.15, 0.2) is 0 Å². The van der Waals surface area contributed by atoms with Gasteiger partial charge in [-0.05, 0) is 12.8 Å². The summed E-state index contributed by atoms with van der Waals surface area (Å²) < 4.78 is 24.0. The van der Waals surface area contributed by atoms with E-state index in [9.17, 15) is 8.42 Å². The number of aliphatic hydroxyl groups excluding tert-OH is 1. The van der Waals surface area contributed by atoms with E-state index < -0.39 is 10.0 Å². The molecule has 0 radical (unpaired) electrons. The van der Waals surface area contributed by atoms with Gasteiger partial charge in [0.05, 0.1) is 0 Å². The van der Waals surface area contributed by atoms with Gasteiger partial charge in [-0.1, -0.05) is 12.8 Å². The molecule has 0 rings (SSSR count). The minimum atomic E-state index is -3.25. The summed E-state index contributed by atoms with van der Waals surface area (Å²) in [5.41, 5.74) is 0. The molecular weight excluding hydrogens is 214 g/mol. The lowest BCUT2D eigenvalue weighted by Crippen LogP contribution is -2.25. The van der Waals surface area contributed by atoms with E-state index in [0.29, 0.717) is 6.54 Å². The highest BCUT2D eigenvalue weighted by Crippen LogP contribution is 1.98. The number of rotatable bonds is 8. The zero-order chi connectivity index (χ0) is 10.2. The van der Waals surface area contributed by atoms with Crippen LogP contribution in [0.3, 0.4) is 0 Å². The number of hydrogen-bond donors (Lipinski definition) is 2. The third-order valence-corrected chi connectivity index (χ3v) is 3.34. The Kier molecular flexibility index (Phi) is 7.65. The van der Waals surface area contributed by atoms with Crippen molar-refractivity contribution >= 4 is 21.6 Å². The van der Waals surface area contributed by atoms with E-state index in [1.54, 1.807) is 0 Å². The predicted molar refractivity (Wildman–Crippen MR) is 53.2 cm³/mol. The van der Waals surface area contributed by atoms with Crippen LogP contribution < -0.4 is 4.72 Å². The number of aliphatic hydroxyl groups is 1. The molecule has 0 aliphatic heterocycles. The van der Waals surface area contributed by atoms with Crippen molar-refractivity contribution in [3.05, 3.63) is 0 Å². The van der Waals surface area contributed by atoms with E-state index in [1.807, 2.05) is 0 Å². The maximum Gasteiger partial charge on any atom is 0.225 e. The van der Waals surface area contributed by atoms with Gasteiger partial charge in [-0.3, -0.25) is 0 Å². The second-order valence-corrected chi connectivity index (χ2v) is 5.15. The Morgan fingerprint density at radius 3 is 2.31 bits per heavy atom. The molecule has 0 aliphatic carbocycles. The van der Waals surface area contributed by atoms with Gasteiger partial charge in [0, 0.05) is 13.2 Å². The molecule has 0 spiro atoms. The van der Waals surface area contributed by atoms with E-state index in [2.05, 4.69) is 4.72 Å². The predicted octanol–water partition coefficient (Wildman–Crippen LogP) is 0.655. The number of halogens is 1. The lowest BCUT2D eigenvalue weighted by molar-refractivity contribution is 0.282. The van der Waals surface area contributed by atoms with E-state index in [1.165, 1.54) is 0 Å². The molecule has 0 aliphatic rings. The largest absolute Gasteiger partial charge is 0.396 e. The normalized spacial score (nSPS) is 11.8. The Morgan fingerprint density at radius 2 is 1.77 bits per heavy atom. The molecular formula is C7H16ClNO3S. The quantitative estimate of drug-likeness (QED) is 0.475. The van der Waals surface area contributed by atoms with Gasteiger partial charge in [0.15, 0.2) is 0 Å². The van der Waals surface area contributed by atoms with Crippen molar-refractivity contribution in [3.8, 4) is 0 Å². The zero-order valence-corrected chi connectivity index (χ0v) is 9.07. The van der Waals surface area contributed by atoms with Gasteiger partial charge in [-0.2, -0.15) is 0 Å². The molecule has 0 saturated heterocycles. The summed E-state index contributed by atoms with van der Waals surface area (Å²) in [6.07, 6.45) is 3.42. The fraction of sp³-hybridized carbons (Fsp3) is 1.00. The molecule has 0 unspecified atom stereocenters. The molecule has 0 fully saturated rings. The van der Waals surface area contributed by atoms with Crippen LogP contribution in [0.5, 0.6) is 0 Å². The molecule has 0 atom stereocenters. The topological polar surface area (TPSA) is 66.4 Å². The van der Waals surface area contributed by atoms with Gasteiger partial charge >= 0.3 is 0 Å². The average Bonchev–Trinajstić information content (AvgIpc) is 2.11. The number of alkyl halides is 1. The van der Waals surface area contributed by atoms with Crippen LogP contribution >= 0.6 is 11.6 Å². The summed E-state index contributed by atoms with van der Waals surface area (Å²) in [5.74, 6) is 0. The smallest absolute Gasteiger partial charge is 0.225 e. The summed E-state index contributed by atoms with van der Waals surface area (Å²) in [7, 11) is -3.25. The van der Waals surface area contributed by atoms with Gasteiger partial charge in [0.1, 0.15) is 5.21 Å². The highest BCUT2D eigenvalue weighted by Gasteiger charge is 2.05. The molecule has 0 aromatic heterocycles. The number of sulfonamides is 1. The first-order valence-corrected chi connectivity index (χ1v) is 6.45. The van der Waals surface area contributed by atoms with E-state index in [0.717, 1.165) is 25.7 Å². The summed E-state index contributed by atoms with van der Waals surface area (Å²) in [6.45, 7) is 0.633. The number of nitrogens with one attached hydrogen (secondary N) is 1. The summed E-state index contributed by atoms with van der Waals surface area (Å²) in [5, 5.41) is 8.08. The average molecular weight is 230 g/mol. The minimum Gasteiger partial charge on any atom is -0.396 e. The van der Waals surface area contributed by atoms with Crippen LogP contribution in [-0.4, -0.2) is 31.9 Å². The first-order chi connectivity index (χ1) is 6.12. The molecule has 0 amide bonds. The number of unbranched alkanes of at least 4 members (excludes halogenated alkanes) is 3. The Hall–Kier alpha value is 0.160. The third kappa shape index (κ3) is 8.49. The number of hydrogen-bond acceptors (Lipinski definition) is 3. The second-order valence-electron chi connectivity index (χ2n) is 2.76. The molecule has 6 heteroatoms. The van der Waals surface area contributed by atoms with Crippen molar-refractivity contribution in [2.45, 2.75) is 25.7 Å². The van der Waals surface area contributed by atoms with Crippen LogP contribution in [0, 0.1) is 0 Å². The first-order valence-electron chi connectivity index (χ1n) is 4.26. The van der Waals surface area contributed by atoms with Crippen molar-refractivity contribution in [1.82, 2.24) is 4.72 Å². The molecule has 0 bridgehead atoms. The van der Waals surface area contributed by atoms with Crippen molar-refractivity contribution in [2.24, 2.45) is 0 Å². The lowest BCUT2D eigenvalue weighted by atomic mass is 10.2. The highest BCUT2D eigenvalue weighted by atomic mass is 35.5. The summed E-state index contributed by atoms with van der Waals surface area (Å²) in [4.78, 5) is 0. The second kappa shape index (κ2) is 7.55. The van der Waals surface area contributed by atoms with Crippen LogP contribution in [0.4, 0.5) is 0 Å². The first kappa shape index (κ1) is 13.2. The van der Waals surface area contributed by atoms with Crippen LogP contribution in [0.2, 0.25) is 0 Å². The van der Waals surface area contributed by atoms with Crippen LogP contribution in [0.25, 0.3) is 0 Å². The van der Waals surface area contributed by atoms with E-state index >= 15 is 0 Å². The van der Waals surface area contributed by atoms with Gasteiger partial charge in [-0.15, -0.1) is 11.6 Å². The molecule has 0 aromatic rings. The SMILES string of the molecule is O=S(=O)(CCl)NCCCCCCO. The standard InChI is InChI=1S/C7H16ClNO3S/c8-7-13(11,12)9-5-3-1-2-4-6-10/h9-10H,1-7H2. The molecule has 0 saturated carbocycles. The zero-order valence-electron chi connectivity index (χ0n) is 7.50. The molecule has 80 valence electrons. The van der Waals surface area contributed by atoms with Gasteiger partial charge in [-0.25, -0.2) is 13.1 Å². The summed E-state index contributed by atoms with van der Waals surface area (Å²) in [6, 6.07) is 0. The van der Waals surface area contributed by atoms with Crippen molar-refractivity contribution in [3.63, 3.8) is 0 Å². The van der Waals surface area contributed by atoms with Crippen LogP contribution in [0.1, 0.15) is 25.7 Å². The Labute approximate surface area is 84.3 Å². The Balaban J connectivity index is 3.26. The fourth-order valence-corrected chi connectivity index (χ4v) is 1.62. The molecule has 4 nitrogen and oxygen atoms in total. The molecule has 2 N–H and O–H groups in total. The minimum absolute atomic E-state index is 0.202. The monoisotopic (exact) mass is 229 g/mol. The maximum absolute atomic E-state index is 10.8. The molecule has 0 heterocycles. The Morgan fingerprint density at radius 1 is 1.15 bits per heavy atom. The van der Waals surface area contributed by atoms with Gasteiger partial charge in [0.2, 0.25) is 10.0 Å². The van der Waals surface area contributed by atoms with Crippen LogP contribution in [-0.2, 0) is 10.0 Å². The Bertz CT molecular complexity index is 206. The maximum atomic E-state index is 10.8. The van der Waals surface area contributed by atoms with Crippen molar-refractivity contribution in [2.75, 3.05) is 18.4 Å². The fourth-order valence-electron chi connectivity index (χ4n) is 0.857. The van der Waals surface area contributed by atoms with E-state index in [4.69, 9.17) is 16.7 Å². The van der Waals surface area contributed by atoms with Gasteiger partial charge < -0.3 is 5.11 Å². The molecule has 0 aromatic carbocycles.